The Morgan fingerprint density at radius 1 is 1.41 bits per heavy atom. The van der Waals surface area contributed by atoms with Gasteiger partial charge in [0, 0.05) is 12.4 Å². The fourth-order valence-electron chi connectivity index (χ4n) is 1.43. The van der Waals surface area contributed by atoms with Crippen LogP contribution in [0.4, 0.5) is 0 Å². The van der Waals surface area contributed by atoms with E-state index in [1.54, 1.807) is 37.6 Å². The number of amides is 1. The second kappa shape index (κ2) is 4.78. The Bertz CT molecular complexity index is 507. The predicted molar refractivity (Wildman–Crippen MR) is 61.4 cm³/mol. The molecule has 2 rings (SSSR count). The first kappa shape index (κ1) is 11.3. The Kier molecular flexibility index (Phi) is 3.18. The number of hydrogen-bond donors (Lipinski definition) is 1. The van der Waals surface area contributed by atoms with Gasteiger partial charge in [0.15, 0.2) is 5.76 Å². The largest absolute Gasteiger partial charge is 0.456 e. The summed E-state index contributed by atoms with van der Waals surface area (Å²) in [5.74, 6) is 0.761. The standard InChI is InChI=1S/C12H13N3O2/c1-8-3-4-11(17-8)12(16)15-9(2)10-7-13-5-6-14-10/h3-7,9H,1-2H3,(H,15,16). The lowest BCUT2D eigenvalue weighted by Crippen LogP contribution is -2.26. The monoisotopic (exact) mass is 231 g/mol. The van der Waals surface area contributed by atoms with Gasteiger partial charge in [-0.15, -0.1) is 0 Å². The van der Waals surface area contributed by atoms with Gasteiger partial charge in [0.1, 0.15) is 5.76 Å². The smallest absolute Gasteiger partial charge is 0.287 e. The van der Waals surface area contributed by atoms with Gasteiger partial charge in [0.05, 0.1) is 17.9 Å². The maximum atomic E-state index is 11.8. The molecular formula is C12H13N3O2. The van der Waals surface area contributed by atoms with Crippen molar-refractivity contribution in [2.75, 3.05) is 0 Å². The van der Waals surface area contributed by atoms with E-state index < -0.39 is 0 Å². The molecule has 88 valence electrons. The molecule has 0 bridgehead atoms. The molecule has 5 heteroatoms. The number of aryl methyl sites for hydroxylation is 1. The van der Waals surface area contributed by atoms with Crippen molar-refractivity contribution in [2.24, 2.45) is 0 Å². The van der Waals surface area contributed by atoms with Crippen molar-refractivity contribution in [3.63, 3.8) is 0 Å². The van der Waals surface area contributed by atoms with E-state index in [4.69, 9.17) is 4.42 Å². The van der Waals surface area contributed by atoms with Gasteiger partial charge >= 0.3 is 0 Å². The van der Waals surface area contributed by atoms with E-state index in [9.17, 15) is 4.79 Å². The number of nitrogens with one attached hydrogen (secondary N) is 1. The molecular weight excluding hydrogens is 218 g/mol. The van der Waals surface area contributed by atoms with Crippen LogP contribution in [0.2, 0.25) is 0 Å². The summed E-state index contributed by atoms with van der Waals surface area (Å²) in [6, 6.07) is 3.19. The summed E-state index contributed by atoms with van der Waals surface area (Å²) < 4.78 is 5.23. The molecule has 2 aromatic rings. The highest BCUT2D eigenvalue weighted by atomic mass is 16.3. The van der Waals surface area contributed by atoms with Crippen molar-refractivity contribution in [3.05, 3.63) is 47.9 Å². The number of rotatable bonds is 3. The van der Waals surface area contributed by atoms with E-state index in [-0.39, 0.29) is 11.9 Å². The van der Waals surface area contributed by atoms with Crippen molar-refractivity contribution >= 4 is 5.91 Å². The molecule has 1 unspecified atom stereocenters. The first-order valence-electron chi connectivity index (χ1n) is 5.30. The molecule has 0 aliphatic rings. The number of carbonyl (C=O) groups is 1. The number of hydrogen-bond acceptors (Lipinski definition) is 4. The minimum atomic E-state index is -0.253. The average Bonchev–Trinajstić information content (AvgIpc) is 2.77. The summed E-state index contributed by atoms with van der Waals surface area (Å²) in [6.45, 7) is 3.64. The summed E-state index contributed by atoms with van der Waals surface area (Å²) in [7, 11) is 0. The normalized spacial score (nSPS) is 12.1. The van der Waals surface area contributed by atoms with Gasteiger partial charge in [-0.05, 0) is 26.0 Å². The van der Waals surface area contributed by atoms with Crippen LogP contribution in [-0.4, -0.2) is 15.9 Å². The highest BCUT2D eigenvalue weighted by Gasteiger charge is 2.14. The number of furan rings is 1. The zero-order chi connectivity index (χ0) is 12.3. The van der Waals surface area contributed by atoms with Crippen molar-refractivity contribution in [2.45, 2.75) is 19.9 Å². The Hall–Kier alpha value is -2.17. The van der Waals surface area contributed by atoms with E-state index in [0.717, 1.165) is 0 Å². The van der Waals surface area contributed by atoms with E-state index in [2.05, 4.69) is 15.3 Å². The van der Waals surface area contributed by atoms with Gasteiger partial charge < -0.3 is 9.73 Å². The van der Waals surface area contributed by atoms with Crippen molar-refractivity contribution in [1.82, 2.24) is 15.3 Å². The molecule has 0 spiro atoms. The second-order valence-electron chi connectivity index (χ2n) is 3.74. The van der Waals surface area contributed by atoms with Crippen molar-refractivity contribution in [3.8, 4) is 0 Å². The predicted octanol–water partition coefficient (Wildman–Crippen LogP) is 1.87. The summed E-state index contributed by atoms with van der Waals surface area (Å²) >= 11 is 0. The molecule has 0 aliphatic carbocycles. The lowest BCUT2D eigenvalue weighted by atomic mass is 10.2. The van der Waals surface area contributed by atoms with Crippen LogP contribution < -0.4 is 5.32 Å². The third-order valence-corrected chi connectivity index (χ3v) is 2.34. The second-order valence-corrected chi connectivity index (χ2v) is 3.74. The number of nitrogens with zero attached hydrogens (tertiary/aromatic N) is 2. The molecule has 0 radical (unpaired) electrons. The molecule has 0 aromatic carbocycles. The van der Waals surface area contributed by atoms with Crippen molar-refractivity contribution < 1.29 is 9.21 Å². The van der Waals surface area contributed by atoms with Gasteiger partial charge in [-0.3, -0.25) is 14.8 Å². The minimum Gasteiger partial charge on any atom is -0.456 e. The fourth-order valence-corrected chi connectivity index (χ4v) is 1.43. The molecule has 1 atom stereocenters. The lowest BCUT2D eigenvalue weighted by molar-refractivity contribution is 0.0909. The van der Waals surface area contributed by atoms with E-state index in [0.29, 0.717) is 17.2 Å². The van der Waals surface area contributed by atoms with Gasteiger partial charge in [-0.25, -0.2) is 0 Å². The Labute approximate surface area is 98.9 Å². The molecule has 5 nitrogen and oxygen atoms in total. The summed E-state index contributed by atoms with van der Waals surface area (Å²) in [4.78, 5) is 19.9. The van der Waals surface area contributed by atoms with Crippen LogP contribution in [0.25, 0.3) is 0 Å². The zero-order valence-electron chi connectivity index (χ0n) is 9.68. The van der Waals surface area contributed by atoms with Crippen LogP contribution >= 0.6 is 0 Å². The van der Waals surface area contributed by atoms with Gasteiger partial charge in [0.2, 0.25) is 0 Å². The Balaban J connectivity index is 2.04. The quantitative estimate of drug-likeness (QED) is 0.875. The van der Waals surface area contributed by atoms with E-state index in [1.807, 2.05) is 6.92 Å². The molecule has 0 saturated heterocycles. The molecule has 1 amide bonds. The van der Waals surface area contributed by atoms with Crippen molar-refractivity contribution in [1.29, 1.82) is 0 Å². The maximum Gasteiger partial charge on any atom is 0.287 e. The SMILES string of the molecule is Cc1ccc(C(=O)NC(C)c2cnccn2)o1. The zero-order valence-corrected chi connectivity index (χ0v) is 9.68. The Morgan fingerprint density at radius 3 is 2.82 bits per heavy atom. The van der Waals surface area contributed by atoms with Gasteiger partial charge in [-0.2, -0.15) is 0 Å². The highest BCUT2D eigenvalue weighted by molar-refractivity contribution is 5.91. The number of carbonyl (C=O) groups excluding carboxylic acids is 1. The van der Waals surface area contributed by atoms with Crippen LogP contribution in [0.1, 0.15) is 35.0 Å². The summed E-state index contributed by atoms with van der Waals surface area (Å²) in [6.07, 6.45) is 4.81. The van der Waals surface area contributed by atoms with Gasteiger partial charge in [-0.1, -0.05) is 0 Å². The average molecular weight is 231 g/mol. The first-order chi connectivity index (χ1) is 8.16. The summed E-state index contributed by atoms with van der Waals surface area (Å²) in [5.41, 5.74) is 0.712. The third-order valence-electron chi connectivity index (χ3n) is 2.34. The molecule has 2 heterocycles. The van der Waals surface area contributed by atoms with Crippen LogP contribution in [0.15, 0.2) is 35.1 Å². The van der Waals surface area contributed by atoms with Crippen LogP contribution in [0.3, 0.4) is 0 Å². The molecule has 2 aromatic heterocycles. The minimum absolute atomic E-state index is 0.207. The molecule has 0 fully saturated rings. The van der Waals surface area contributed by atoms with Crippen LogP contribution in [0, 0.1) is 6.92 Å². The molecule has 17 heavy (non-hydrogen) atoms. The lowest BCUT2D eigenvalue weighted by Gasteiger charge is -2.11. The molecule has 0 aliphatic heterocycles. The summed E-state index contributed by atoms with van der Waals surface area (Å²) in [5, 5.41) is 2.79. The van der Waals surface area contributed by atoms with Crippen LogP contribution in [0.5, 0.6) is 0 Å². The highest BCUT2D eigenvalue weighted by Crippen LogP contribution is 2.10. The fraction of sp³-hybridized carbons (Fsp3) is 0.250. The van der Waals surface area contributed by atoms with E-state index >= 15 is 0 Å². The molecule has 1 N–H and O–H groups in total. The third kappa shape index (κ3) is 2.69. The maximum absolute atomic E-state index is 11.8. The first-order valence-corrected chi connectivity index (χ1v) is 5.30. The topological polar surface area (TPSA) is 68.0 Å². The van der Waals surface area contributed by atoms with Gasteiger partial charge in [0.25, 0.3) is 5.91 Å². The van der Waals surface area contributed by atoms with E-state index in [1.165, 1.54) is 0 Å². The number of aromatic nitrogens is 2. The Morgan fingerprint density at radius 2 is 2.24 bits per heavy atom. The van der Waals surface area contributed by atoms with Crippen LogP contribution in [-0.2, 0) is 0 Å². The molecule has 0 saturated carbocycles.